The van der Waals surface area contributed by atoms with E-state index in [4.69, 9.17) is 10.00 Å². The Morgan fingerprint density at radius 2 is 1.96 bits per heavy atom. The number of benzene rings is 2. The van der Waals surface area contributed by atoms with Gasteiger partial charge in [-0.25, -0.2) is 0 Å². The summed E-state index contributed by atoms with van der Waals surface area (Å²) in [4.78, 5) is 14.5. The van der Waals surface area contributed by atoms with Gasteiger partial charge in [-0.05, 0) is 29.8 Å². The summed E-state index contributed by atoms with van der Waals surface area (Å²) in [5, 5.41) is 15.0. The topological polar surface area (TPSA) is 77.4 Å². The molecule has 0 aliphatic carbocycles. The summed E-state index contributed by atoms with van der Waals surface area (Å²) in [5.74, 6) is -0.152. The highest BCUT2D eigenvalue weighted by atomic mass is 16.5. The molecule has 0 saturated carbocycles. The number of morpholine rings is 1. The lowest BCUT2D eigenvalue weighted by Crippen LogP contribution is -2.35. The number of amides is 1. The summed E-state index contributed by atoms with van der Waals surface area (Å²) in [5.41, 5.74) is 3.26. The van der Waals surface area contributed by atoms with Crippen LogP contribution in [0.15, 0.2) is 48.5 Å². The Labute approximate surface area is 153 Å². The molecule has 0 aromatic heterocycles. The van der Waals surface area contributed by atoms with Crippen LogP contribution >= 0.6 is 0 Å². The lowest BCUT2D eigenvalue weighted by atomic mass is 10.1. The van der Waals surface area contributed by atoms with Gasteiger partial charge in [-0.2, -0.15) is 5.26 Å². The van der Waals surface area contributed by atoms with Crippen LogP contribution in [0.1, 0.15) is 11.1 Å². The molecule has 2 aromatic carbocycles. The van der Waals surface area contributed by atoms with Crippen molar-refractivity contribution in [2.24, 2.45) is 0 Å². The number of hydrogen-bond acceptors (Lipinski definition) is 5. The monoisotopic (exact) mass is 350 g/mol. The highest BCUT2D eigenvalue weighted by Gasteiger charge is 2.13. The Morgan fingerprint density at radius 3 is 2.77 bits per heavy atom. The third-order valence-electron chi connectivity index (χ3n) is 4.23. The van der Waals surface area contributed by atoms with Crippen molar-refractivity contribution < 1.29 is 9.53 Å². The molecule has 1 saturated heterocycles. The minimum Gasteiger partial charge on any atom is -0.379 e. The van der Waals surface area contributed by atoms with Crippen LogP contribution in [0.4, 0.5) is 11.4 Å². The van der Waals surface area contributed by atoms with Gasteiger partial charge in [-0.3, -0.25) is 9.69 Å². The van der Waals surface area contributed by atoms with Gasteiger partial charge >= 0.3 is 0 Å². The van der Waals surface area contributed by atoms with Crippen LogP contribution in [0.2, 0.25) is 0 Å². The molecule has 6 nitrogen and oxygen atoms in total. The molecule has 1 fully saturated rings. The molecular weight excluding hydrogens is 328 g/mol. The van der Waals surface area contributed by atoms with Crippen molar-refractivity contribution >= 4 is 17.3 Å². The van der Waals surface area contributed by atoms with Gasteiger partial charge in [-0.15, -0.1) is 0 Å². The molecule has 26 heavy (non-hydrogen) atoms. The third kappa shape index (κ3) is 5.06. The summed E-state index contributed by atoms with van der Waals surface area (Å²) in [7, 11) is 0. The smallest absolute Gasteiger partial charge is 0.243 e. The van der Waals surface area contributed by atoms with Crippen molar-refractivity contribution in [2.75, 3.05) is 43.5 Å². The molecule has 3 rings (SSSR count). The van der Waals surface area contributed by atoms with E-state index in [1.807, 2.05) is 18.2 Å². The first kappa shape index (κ1) is 17.9. The molecular formula is C20H22N4O2. The number of carbonyl (C=O) groups excluding carboxylic acids is 1. The van der Waals surface area contributed by atoms with E-state index in [2.05, 4.69) is 27.7 Å². The van der Waals surface area contributed by atoms with Crippen molar-refractivity contribution in [2.45, 2.75) is 6.54 Å². The van der Waals surface area contributed by atoms with E-state index in [0.29, 0.717) is 11.3 Å². The van der Waals surface area contributed by atoms with E-state index < -0.39 is 0 Å². The highest BCUT2D eigenvalue weighted by Crippen LogP contribution is 2.18. The number of rotatable bonds is 6. The number of hydrogen-bond donors (Lipinski definition) is 2. The van der Waals surface area contributed by atoms with Crippen molar-refractivity contribution in [3.05, 3.63) is 59.7 Å². The second-order valence-corrected chi connectivity index (χ2v) is 6.14. The lowest BCUT2D eigenvalue weighted by Gasteiger charge is -2.27. The van der Waals surface area contributed by atoms with Gasteiger partial charge < -0.3 is 15.4 Å². The fourth-order valence-corrected chi connectivity index (χ4v) is 2.88. The summed E-state index contributed by atoms with van der Waals surface area (Å²) in [6.45, 7) is 4.36. The molecule has 0 bridgehead atoms. The summed E-state index contributed by atoms with van der Waals surface area (Å²) < 4.78 is 5.39. The van der Waals surface area contributed by atoms with E-state index in [9.17, 15) is 4.79 Å². The van der Waals surface area contributed by atoms with E-state index in [1.165, 1.54) is 0 Å². The van der Waals surface area contributed by atoms with Gasteiger partial charge in [0.05, 0.1) is 31.4 Å². The van der Waals surface area contributed by atoms with E-state index in [-0.39, 0.29) is 12.5 Å². The quantitative estimate of drug-likeness (QED) is 0.837. The predicted molar refractivity (Wildman–Crippen MR) is 101 cm³/mol. The van der Waals surface area contributed by atoms with Crippen molar-refractivity contribution in [1.29, 1.82) is 5.26 Å². The molecule has 1 aliphatic rings. The number of nitrogens with one attached hydrogen (secondary N) is 2. The van der Waals surface area contributed by atoms with Crippen LogP contribution in [0.25, 0.3) is 0 Å². The van der Waals surface area contributed by atoms with Crippen LogP contribution in [0, 0.1) is 11.3 Å². The second-order valence-electron chi connectivity index (χ2n) is 6.14. The maximum Gasteiger partial charge on any atom is 0.243 e. The first-order valence-corrected chi connectivity index (χ1v) is 8.66. The number of carbonyl (C=O) groups is 1. The Morgan fingerprint density at radius 1 is 1.15 bits per heavy atom. The molecule has 1 heterocycles. The number of nitriles is 1. The highest BCUT2D eigenvalue weighted by molar-refractivity contribution is 5.94. The summed E-state index contributed by atoms with van der Waals surface area (Å²) in [6.07, 6.45) is 0. The number of para-hydroxylation sites is 1. The second kappa shape index (κ2) is 8.99. The molecule has 0 radical (unpaired) electrons. The maximum absolute atomic E-state index is 12.2. The summed E-state index contributed by atoms with van der Waals surface area (Å²) in [6, 6.07) is 17.0. The van der Waals surface area contributed by atoms with Crippen molar-refractivity contribution in [3.8, 4) is 6.07 Å². The molecule has 0 spiro atoms. The number of anilines is 2. The average molecular weight is 350 g/mol. The molecule has 0 atom stereocenters. The molecule has 0 unspecified atom stereocenters. The Balaban J connectivity index is 1.57. The SMILES string of the molecule is N#Cc1cccc(NC(=O)CNc2ccccc2CN2CCOCC2)c1. The van der Waals surface area contributed by atoms with Crippen LogP contribution in [-0.4, -0.2) is 43.7 Å². The van der Waals surface area contributed by atoms with Crippen LogP contribution in [0.5, 0.6) is 0 Å². The van der Waals surface area contributed by atoms with Crippen molar-refractivity contribution in [1.82, 2.24) is 4.90 Å². The van der Waals surface area contributed by atoms with E-state index >= 15 is 0 Å². The normalized spacial score (nSPS) is 14.4. The largest absolute Gasteiger partial charge is 0.379 e. The van der Waals surface area contributed by atoms with Gasteiger partial charge in [0.15, 0.2) is 0 Å². The fourth-order valence-electron chi connectivity index (χ4n) is 2.88. The van der Waals surface area contributed by atoms with Gasteiger partial charge in [0.1, 0.15) is 0 Å². The first-order valence-electron chi connectivity index (χ1n) is 8.66. The zero-order chi connectivity index (χ0) is 18.2. The Bertz CT molecular complexity index is 794. The van der Waals surface area contributed by atoms with Gasteiger partial charge in [0.25, 0.3) is 0 Å². The Kier molecular flexibility index (Phi) is 6.20. The number of nitrogens with zero attached hydrogens (tertiary/aromatic N) is 2. The van der Waals surface area contributed by atoms with Gasteiger partial charge in [0, 0.05) is 31.0 Å². The Hall–Kier alpha value is -2.88. The molecule has 2 N–H and O–H groups in total. The lowest BCUT2D eigenvalue weighted by molar-refractivity contribution is -0.114. The van der Waals surface area contributed by atoms with Crippen LogP contribution < -0.4 is 10.6 Å². The third-order valence-corrected chi connectivity index (χ3v) is 4.23. The molecule has 1 aliphatic heterocycles. The summed E-state index contributed by atoms with van der Waals surface area (Å²) >= 11 is 0. The minimum absolute atomic E-state index is 0.152. The fraction of sp³-hybridized carbons (Fsp3) is 0.300. The van der Waals surface area contributed by atoms with Crippen LogP contribution in [-0.2, 0) is 16.1 Å². The van der Waals surface area contributed by atoms with Gasteiger partial charge in [0.2, 0.25) is 5.91 Å². The average Bonchev–Trinajstić information content (AvgIpc) is 2.68. The van der Waals surface area contributed by atoms with Crippen molar-refractivity contribution in [3.63, 3.8) is 0 Å². The number of ether oxygens (including phenoxy) is 1. The molecule has 6 heteroatoms. The van der Waals surface area contributed by atoms with E-state index in [0.717, 1.165) is 44.1 Å². The van der Waals surface area contributed by atoms with E-state index in [1.54, 1.807) is 24.3 Å². The molecule has 134 valence electrons. The standard InChI is InChI=1S/C20H22N4O2/c21-13-16-4-3-6-18(12-16)23-20(25)14-22-19-7-2-1-5-17(19)15-24-8-10-26-11-9-24/h1-7,12,22H,8-11,14-15H2,(H,23,25). The van der Waals surface area contributed by atoms with Gasteiger partial charge in [-0.1, -0.05) is 24.3 Å². The zero-order valence-corrected chi connectivity index (χ0v) is 14.6. The first-order chi connectivity index (χ1) is 12.7. The molecule has 2 aromatic rings. The predicted octanol–water partition coefficient (Wildman–Crippen LogP) is 2.44. The molecule has 1 amide bonds. The van der Waals surface area contributed by atoms with Crippen LogP contribution in [0.3, 0.4) is 0 Å². The maximum atomic E-state index is 12.2. The minimum atomic E-state index is -0.152. The zero-order valence-electron chi connectivity index (χ0n) is 14.6.